The average Bonchev–Trinajstić information content (AvgIpc) is 3.01. The number of para-hydroxylation sites is 1. The van der Waals surface area contributed by atoms with Crippen molar-refractivity contribution in [1.82, 2.24) is 14.9 Å². The largest absolute Gasteiger partial charge is 0.506 e. The Balaban J connectivity index is 1.38. The van der Waals surface area contributed by atoms with E-state index in [-0.39, 0.29) is 23.4 Å². The molecule has 0 saturated carbocycles. The second-order valence-corrected chi connectivity index (χ2v) is 9.90. The number of aromatic nitrogens is 2. The van der Waals surface area contributed by atoms with E-state index in [0.717, 1.165) is 39.3 Å². The van der Waals surface area contributed by atoms with Gasteiger partial charge in [0.15, 0.2) is 0 Å². The molecule has 0 radical (unpaired) electrons. The summed E-state index contributed by atoms with van der Waals surface area (Å²) in [4.78, 5) is 24.4. The molecule has 0 spiro atoms. The smallest absolute Gasteiger partial charge is 0.317 e. The van der Waals surface area contributed by atoms with Crippen LogP contribution in [-0.2, 0) is 4.74 Å². The highest BCUT2D eigenvalue weighted by atomic mass is 16.5. The molecule has 1 aliphatic rings. The van der Waals surface area contributed by atoms with Crippen molar-refractivity contribution < 1.29 is 24.1 Å². The van der Waals surface area contributed by atoms with Crippen LogP contribution < -0.4 is 20.5 Å². The number of anilines is 2. The number of nitrogens with zero attached hydrogens (tertiary/aromatic N) is 4. The monoisotopic (exact) mass is 568 g/mol. The molecule has 1 unspecified atom stereocenters. The van der Waals surface area contributed by atoms with Crippen molar-refractivity contribution in [2.75, 3.05) is 50.5 Å². The number of aromatic hydroxyl groups is 1. The third-order valence-corrected chi connectivity index (χ3v) is 7.00. The Bertz CT molecular complexity index is 1600. The van der Waals surface area contributed by atoms with Crippen molar-refractivity contribution in [2.24, 2.45) is 0 Å². The molecule has 0 aliphatic carbocycles. The number of nitrogens with two attached hydrogens (primary N) is 1. The van der Waals surface area contributed by atoms with E-state index in [1.165, 1.54) is 6.07 Å². The summed E-state index contributed by atoms with van der Waals surface area (Å²) in [5, 5.41) is 22.6. The summed E-state index contributed by atoms with van der Waals surface area (Å²) in [6.45, 7) is 6.48. The van der Waals surface area contributed by atoms with E-state index in [2.05, 4.69) is 20.2 Å². The predicted octanol–water partition coefficient (Wildman–Crippen LogP) is 4.28. The number of benzene rings is 3. The zero-order valence-electron chi connectivity index (χ0n) is 23.2. The van der Waals surface area contributed by atoms with Gasteiger partial charge in [0.1, 0.15) is 17.6 Å². The van der Waals surface area contributed by atoms with Crippen LogP contribution >= 0.6 is 0 Å². The molecule has 4 aromatic rings. The zero-order chi connectivity index (χ0) is 29.5. The Labute approximate surface area is 243 Å². The molecular formula is C31H32N6O5. The van der Waals surface area contributed by atoms with E-state index in [0.29, 0.717) is 45.6 Å². The van der Waals surface area contributed by atoms with Gasteiger partial charge in [0.05, 0.1) is 48.3 Å². The Morgan fingerprint density at radius 1 is 1.21 bits per heavy atom. The number of ether oxygens (including phenoxy) is 3. The highest BCUT2D eigenvalue weighted by Crippen LogP contribution is 2.33. The molecule has 4 N–H and O–H groups in total. The first-order valence-corrected chi connectivity index (χ1v) is 13.7. The van der Waals surface area contributed by atoms with Gasteiger partial charge in [0.2, 0.25) is 0 Å². The van der Waals surface area contributed by atoms with Gasteiger partial charge in [0, 0.05) is 54.5 Å². The van der Waals surface area contributed by atoms with Crippen LogP contribution in [0.25, 0.3) is 10.9 Å². The van der Waals surface area contributed by atoms with Gasteiger partial charge in [-0.25, -0.2) is 4.98 Å². The standard InChI is InChI=1S/C31H32N6O5/c1-20(24-4-2-5-28(38)29(24)33)42-31-34-19-25-26(35-30(39)22-8-6-21(18-32)7-9-22)16-23(17-27(25)36-31)41-13-3-10-37-11-14-40-15-12-37/h2,4-9,16-17,19-20,38H,3,10-15,33H2,1H3,(H,35,39). The van der Waals surface area contributed by atoms with E-state index in [4.69, 9.17) is 25.2 Å². The van der Waals surface area contributed by atoms with Crippen LogP contribution in [0.2, 0.25) is 0 Å². The van der Waals surface area contributed by atoms with Crippen molar-refractivity contribution in [2.45, 2.75) is 19.4 Å². The fourth-order valence-corrected chi connectivity index (χ4v) is 4.68. The lowest BCUT2D eigenvalue weighted by Crippen LogP contribution is -2.37. The second-order valence-electron chi connectivity index (χ2n) is 9.90. The fourth-order valence-electron chi connectivity index (χ4n) is 4.68. The number of fused-ring (bicyclic) bond motifs is 1. The minimum atomic E-state index is -0.537. The predicted molar refractivity (Wildman–Crippen MR) is 158 cm³/mol. The van der Waals surface area contributed by atoms with Crippen molar-refractivity contribution >= 4 is 28.2 Å². The number of phenols is 1. The van der Waals surface area contributed by atoms with Gasteiger partial charge in [-0.2, -0.15) is 10.2 Å². The molecule has 3 aromatic carbocycles. The van der Waals surface area contributed by atoms with Crippen molar-refractivity contribution in [3.63, 3.8) is 0 Å². The number of rotatable bonds is 10. The molecule has 1 fully saturated rings. The van der Waals surface area contributed by atoms with Crippen LogP contribution in [0, 0.1) is 11.3 Å². The molecule has 1 aliphatic heterocycles. The number of hydrogen-bond donors (Lipinski definition) is 3. The Morgan fingerprint density at radius 3 is 2.76 bits per heavy atom. The van der Waals surface area contributed by atoms with Gasteiger partial charge in [-0.15, -0.1) is 0 Å². The zero-order valence-corrected chi connectivity index (χ0v) is 23.2. The molecule has 0 bridgehead atoms. The molecule has 1 atom stereocenters. The normalized spacial score (nSPS) is 14.2. The quantitative estimate of drug-likeness (QED) is 0.143. The van der Waals surface area contributed by atoms with Gasteiger partial charge in [-0.3, -0.25) is 9.69 Å². The number of carbonyl (C=O) groups excluding carboxylic acids is 1. The molecule has 5 rings (SSSR count). The van der Waals surface area contributed by atoms with Crippen LogP contribution in [0.1, 0.15) is 40.9 Å². The molecule has 11 nitrogen and oxygen atoms in total. The third kappa shape index (κ3) is 6.86. The number of nitriles is 1. The van der Waals surface area contributed by atoms with E-state index < -0.39 is 6.10 Å². The Morgan fingerprint density at radius 2 is 2.00 bits per heavy atom. The first-order chi connectivity index (χ1) is 20.4. The summed E-state index contributed by atoms with van der Waals surface area (Å²) in [5.41, 5.74) is 8.71. The molecule has 1 amide bonds. The topological polar surface area (TPSA) is 156 Å². The maximum Gasteiger partial charge on any atom is 0.317 e. The number of hydrogen-bond acceptors (Lipinski definition) is 10. The maximum absolute atomic E-state index is 13.1. The number of phenolic OH excluding ortho intramolecular Hbond substituents is 1. The summed E-state index contributed by atoms with van der Waals surface area (Å²) < 4.78 is 17.5. The van der Waals surface area contributed by atoms with Crippen molar-refractivity contribution in [3.8, 4) is 23.6 Å². The van der Waals surface area contributed by atoms with Gasteiger partial charge >= 0.3 is 6.01 Å². The fraction of sp³-hybridized carbons (Fsp3) is 0.290. The van der Waals surface area contributed by atoms with E-state index in [1.807, 2.05) is 6.07 Å². The number of nitrogen functional groups attached to an aromatic ring is 1. The Kier molecular flexibility index (Phi) is 8.96. The Hall–Kier alpha value is -4.92. The van der Waals surface area contributed by atoms with Crippen LogP contribution in [0.5, 0.6) is 17.5 Å². The molecule has 216 valence electrons. The highest BCUT2D eigenvalue weighted by molar-refractivity contribution is 6.09. The van der Waals surface area contributed by atoms with Gasteiger partial charge in [-0.05, 0) is 43.7 Å². The van der Waals surface area contributed by atoms with Crippen molar-refractivity contribution in [1.29, 1.82) is 5.26 Å². The van der Waals surface area contributed by atoms with Gasteiger partial charge in [0.25, 0.3) is 5.91 Å². The lowest BCUT2D eigenvalue weighted by molar-refractivity contribution is 0.0358. The van der Waals surface area contributed by atoms with Crippen LogP contribution in [0.15, 0.2) is 60.8 Å². The molecule has 11 heteroatoms. The number of carbonyl (C=O) groups is 1. The number of nitrogens with one attached hydrogen (secondary N) is 1. The molecule has 1 aromatic heterocycles. The summed E-state index contributed by atoms with van der Waals surface area (Å²) >= 11 is 0. The summed E-state index contributed by atoms with van der Waals surface area (Å²) in [5.74, 6) is 0.161. The third-order valence-electron chi connectivity index (χ3n) is 7.00. The highest BCUT2D eigenvalue weighted by Gasteiger charge is 2.17. The minimum Gasteiger partial charge on any atom is -0.506 e. The van der Waals surface area contributed by atoms with Crippen LogP contribution in [-0.4, -0.2) is 65.3 Å². The van der Waals surface area contributed by atoms with E-state index in [1.54, 1.807) is 61.7 Å². The van der Waals surface area contributed by atoms with Crippen LogP contribution in [0.3, 0.4) is 0 Å². The maximum atomic E-state index is 13.1. The summed E-state index contributed by atoms with van der Waals surface area (Å²) in [7, 11) is 0. The lowest BCUT2D eigenvalue weighted by atomic mass is 10.1. The SMILES string of the molecule is CC(Oc1ncc2c(NC(=O)c3ccc(C#N)cc3)cc(OCCCN3CCOCC3)cc2n1)c1cccc(O)c1N. The van der Waals surface area contributed by atoms with Gasteiger partial charge < -0.3 is 30.4 Å². The van der Waals surface area contributed by atoms with Crippen LogP contribution in [0.4, 0.5) is 11.4 Å². The lowest BCUT2D eigenvalue weighted by Gasteiger charge is -2.26. The first-order valence-electron chi connectivity index (χ1n) is 13.7. The average molecular weight is 569 g/mol. The molecule has 42 heavy (non-hydrogen) atoms. The molecule has 1 saturated heterocycles. The first kappa shape index (κ1) is 28.6. The number of amides is 1. The van der Waals surface area contributed by atoms with E-state index >= 15 is 0 Å². The number of morpholine rings is 1. The van der Waals surface area contributed by atoms with Crippen molar-refractivity contribution in [3.05, 3.63) is 77.5 Å². The minimum absolute atomic E-state index is 0.0274. The molecule has 2 heterocycles. The van der Waals surface area contributed by atoms with Gasteiger partial charge in [-0.1, -0.05) is 12.1 Å². The molecular weight excluding hydrogens is 536 g/mol. The van der Waals surface area contributed by atoms with E-state index in [9.17, 15) is 9.90 Å². The second kappa shape index (κ2) is 13.2. The summed E-state index contributed by atoms with van der Waals surface area (Å²) in [6, 6.07) is 17.0. The summed E-state index contributed by atoms with van der Waals surface area (Å²) in [6.07, 6.45) is 1.86.